The third-order valence-electron chi connectivity index (χ3n) is 2.96. The topological polar surface area (TPSA) is 66.4 Å². The van der Waals surface area contributed by atoms with E-state index in [1.165, 1.54) is 13.0 Å². The normalized spacial score (nSPS) is 13.9. The molecule has 108 valence electrons. The average molecular weight is 275 g/mol. The minimum atomic E-state index is -1.21. The molecule has 0 saturated carbocycles. The molecule has 1 rings (SSSR count). The fourth-order valence-corrected chi connectivity index (χ4v) is 1.52. The van der Waals surface area contributed by atoms with Gasteiger partial charge in [-0.1, -0.05) is 43.3 Å². The quantitative estimate of drug-likeness (QED) is 0.592. The van der Waals surface area contributed by atoms with Crippen molar-refractivity contribution in [3.63, 3.8) is 0 Å². The minimum Gasteiger partial charge on any atom is -0.371 e. The van der Waals surface area contributed by atoms with Crippen LogP contribution in [0.2, 0.25) is 0 Å². The van der Waals surface area contributed by atoms with Crippen molar-refractivity contribution in [3.8, 4) is 0 Å². The summed E-state index contributed by atoms with van der Waals surface area (Å²) in [6, 6.07) is 9.49. The molecule has 1 atom stereocenters. The van der Waals surface area contributed by atoms with Gasteiger partial charge >= 0.3 is 0 Å². The number of carbonyl (C=O) groups is 2. The second kappa shape index (κ2) is 7.60. The molecular formula is C16H21NO3. The minimum absolute atomic E-state index is 0.0775. The summed E-state index contributed by atoms with van der Waals surface area (Å²) in [5.41, 5.74) is -0.265. The molecule has 4 heteroatoms. The van der Waals surface area contributed by atoms with Gasteiger partial charge in [0.05, 0.1) is 0 Å². The lowest BCUT2D eigenvalue weighted by atomic mass is 10.1. The summed E-state index contributed by atoms with van der Waals surface area (Å²) in [4.78, 5) is 23.2. The van der Waals surface area contributed by atoms with Crippen LogP contribution in [0.4, 0.5) is 0 Å². The summed E-state index contributed by atoms with van der Waals surface area (Å²) in [6.45, 7) is 3.30. The predicted molar refractivity (Wildman–Crippen MR) is 78.8 cm³/mol. The van der Waals surface area contributed by atoms with Crippen LogP contribution in [0.25, 0.3) is 6.08 Å². The summed E-state index contributed by atoms with van der Waals surface area (Å²) in [5.74, 6) is -0.432. The lowest BCUT2D eigenvalue weighted by Crippen LogP contribution is -2.45. The number of nitrogens with one attached hydrogen (secondary N) is 1. The molecule has 0 aromatic heterocycles. The van der Waals surface area contributed by atoms with Crippen molar-refractivity contribution in [2.24, 2.45) is 0 Å². The number of hydrogen-bond acceptors (Lipinski definition) is 3. The number of carbonyl (C=O) groups excluding carboxylic acids is 2. The lowest BCUT2D eigenvalue weighted by Gasteiger charge is -2.22. The first-order valence-electron chi connectivity index (χ1n) is 6.72. The maximum absolute atomic E-state index is 11.6. The molecule has 0 bridgehead atoms. The number of hydrogen-bond donors (Lipinski definition) is 2. The molecule has 0 heterocycles. The molecule has 1 aromatic rings. The summed E-state index contributed by atoms with van der Waals surface area (Å²) in [7, 11) is 0. The Kier molecular flexibility index (Phi) is 6.12. The van der Waals surface area contributed by atoms with E-state index in [0.717, 1.165) is 5.56 Å². The van der Waals surface area contributed by atoms with Crippen LogP contribution in [-0.4, -0.2) is 22.5 Å². The van der Waals surface area contributed by atoms with E-state index in [-0.39, 0.29) is 24.5 Å². The highest BCUT2D eigenvalue weighted by molar-refractivity contribution is 5.95. The van der Waals surface area contributed by atoms with Crippen LogP contribution in [0.15, 0.2) is 36.4 Å². The largest absolute Gasteiger partial charge is 0.371 e. The zero-order valence-corrected chi connectivity index (χ0v) is 11.9. The Morgan fingerprint density at radius 3 is 2.50 bits per heavy atom. The van der Waals surface area contributed by atoms with Gasteiger partial charge in [0.2, 0.25) is 5.91 Å². The second-order valence-electron chi connectivity index (χ2n) is 4.89. The standard InChI is InChI=1S/C16H21NO3/c1-3-16(2,20)17-15(19)12-11-14(18)10-9-13-7-5-4-6-8-13/h4-10,20H,3,11-12H2,1-2H3,(H,17,19)/b10-9+. The van der Waals surface area contributed by atoms with Crippen LogP contribution < -0.4 is 5.32 Å². The van der Waals surface area contributed by atoms with Crippen LogP contribution in [0.5, 0.6) is 0 Å². The number of aliphatic hydroxyl groups is 1. The predicted octanol–water partition coefficient (Wildman–Crippen LogP) is 2.28. The van der Waals surface area contributed by atoms with Crippen molar-refractivity contribution in [1.82, 2.24) is 5.32 Å². The zero-order chi connectivity index (χ0) is 15.0. The van der Waals surface area contributed by atoms with Gasteiger partial charge < -0.3 is 10.4 Å². The Morgan fingerprint density at radius 1 is 1.25 bits per heavy atom. The maximum atomic E-state index is 11.6. The van der Waals surface area contributed by atoms with E-state index in [1.54, 1.807) is 13.0 Å². The van der Waals surface area contributed by atoms with Crippen LogP contribution >= 0.6 is 0 Å². The highest BCUT2D eigenvalue weighted by atomic mass is 16.3. The van der Waals surface area contributed by atoms with Crippen LogP contribution in [-0.2, 0) is 9.59 Å². The molecule has 1 unspecified atom stereocenters. The molecule has 0 aliphatic rings. The van der Waals surface area contributed by atoms with E-state index >= 15 is 0 Å². The number of allylic oxidation sites excluding steroid dienone is 1. The molecule has 2 N–H and O–H groups in total. The van der Waals surface area contributed by atoms with Gasteiger partial charge in [-0.2, -0.15) is 0 Å². The first-order valence-corrected chi connectivity index (χ1v) is 6.72. The molecule has 1 amide bonds. The van der Waals surface area contributed by atoms with Crippen LogP contribution in [0, 0.1) is 0 Å². The fourth-order valence-electron chi connectivity index (χ4n) is 1.52. The summed E-state index contributed by atoms with van der Waals surface area (Å²) < 4.78 is 0. The van der Waals surface area contributed by atoms with Crippen molar-refractivity contribution in [3.05, 3.63) is 42.0 Å². The third kappa shape index (κ3) is 6.29. The first kappa shape index (κ1) is 16.1. The average Bonchev–Trinajstić information content (AvgIpc) is 2.43. The van der Waals surface area contributed by atoms with Gasteiger partial charge in [0.1, 0.15) is 5.72 Å². The Bertz CT molecular complexity index is 478. The van der Waals surface area contributed by atoms with E-state index in [9.17, 15) is 14.7 Å². The number of rotatable bonds is 7. The summed E-state index contributed by atoms with van der Waals surface area (Å²) in [6.07, 6.45) is 3.83. The molecule has 0 saturated heterocycles. The van der Waals surface area contributed by atoms with E-state index in [1.807, 2.05) is 30.3 Å². The molecule has 1 aromatic carbocycles. The molecular weight excluding hydrogens is 254 g/mol. The van der Waals surface area contributed by atoms with Crippen molar-refractivity contribution in [2.75, 3.05) is 0 Å². The fraction of sp³-hybridized carbons (Fsp3) is 0.375. The van der Waals surface area contributed by atoms with Gasteiger partial charge in [0, 0.05) is 12.8 Å². The Balaban J connectivity index is 2.37. The van der Waals surface area contributed by atoms with Gasteiger partial charge in [-0.05, 0) is 25.0 Å². The van der Waals surface area contributed by atoms with Gasteiger partial charge in [-0.3, -0.25) is 9.59 Å². The highest BCUT2D eigenvalue weighted by Crippen LogP contribution is 2.05. The van der Waals surface area contributed by atoms with Crippen molar-refractivity contribution >= 4 is 17.8 Å². The maximum Gasteiger partial charge on any atom is 0.222 e. The third-order valence-corrected chi connectivity index (χ3v) is 2.96. The smallest absolute Gasteiger partial charge is 0.222 e. The van der Waals surface area contributed by atoms with Crippen molar-refractivity contribution < 1.29 is 14.7 Å². The number of amides is 1. The molecule has 0 spiro atoms. The Morgan fingerprint density at radius 2 is 1.90 bits per heavy atom. The summed E-state index contributed by atoms with van der Waals surface area (Å²) >= 11 is 0. The molecule has 4 nitrogen and oxygen atoms in total. The van der Waals surface area contributed by atoms with Gasteiger partial charge in [0.25, 0.3) is 0 Å². The zero-order valence-electron chi connectivity index (χ0n) is 11.9. The van der Waals surface area contributed by atoms with Crippen LogP contribution in [0.3, 0.4) is 0 Å². The Labute approximate surface area is 119 Å². The van der Waals surface area contributed by atoms with Gasteiger partial charge in [-0.25, -0.2) is 0 Å². The highest BCUT2D eigenvalue weighted by Gasteiger charge is 2.19. The van der Waals surface area contributed by atoms with Gasteiger partial charge in [0.15, 0.2) is 5.78 Å². The molecule has 0 aliphatic heterocycles. The molecule has 0 radical (unpaired) electrons. The molecule has 0 fully saturated rings. The monoisotopic (exact) mass is 275 g/mol. The van der Waals surface area contributed by atoms with E-state index < -0.39 is 5.72 Å². The van der Waals surface area contributed by atoms with E-state index in [2.05, 4.69) is 5.32 Å². The van der Waals surface area contributed by atoms with Crippen molar-refractivity contribution in [1.29, 1.82) is 0 Å². The molecule has 0 aliphatic carbocycles. The SMILES string of the molecule is CCC(C)(O)NC(=O)CCC(=O)/C=C/c1ccccc1. The number of benzene rings is 1. The number of ketones is 1. The van der Waals surface area contributed by atoms with Crippen LogP contribution in [0.1, 0.15) is 38.7 Å². The lowest BCUT2D eigenvalue weighted by molar-refractivity contribution is -0.129. The van der Waals surface area contributed by atoms with Gasteiger partial charge in [-0.15, -0.1) is 0 Å². The van der Waals surface area contributed by atoms with Crippen molar-refractivity contribution in [2.45, 2.75) is 38.8 Å². The van der Waals surface area contributed by atoms with E-state index in [0.29, 0.717) is 6.42 Å². The second-order valence-corrected chi connectivity index (χ2v) is 4.89. The Hall–Kier alpha value is -1.94. The molecule has 20 heavy (non-hydrogen) atoms. The first-order chi connectivity index (χ1) is 9.43. The summed E-state index contributed by atoms with van der Waals surface area (Å²) in [5, 5.41) is 12.2. The van der Waals surface area contributed by atoms with E-state index in [4.69, 9.17) is 0 Å².